The fraction of sp³-hybridized carbons (Fsp3) is 0.261. The highest BCUT2D eigenvalue weighted by atomic mass is 16.2. The smallest absolute Gasteiger partial charge is 0.319 e. The lowest BCUT2D eigenvalue weighted by molar-refractivity contribution is -0.130. The number of urea groups is 1. The van der Waals surface area contributed by atoms with Gasteiger partial charge in [0.05, 0.1) is 12.2 Å². The van der Waals surface area contributed by atoms with Crippen LogP contribution in [0.2, 0.25) is 0 Å². The third-order valence-corrected chi connectivity index (χ3v) is 6.19. The van der Waals surface area contributed by atoms with Crippen LogP contribution in [0, 0.1) is 0 Å². The van der Waals surface area contributed by atoms with Crippen molar-refractivity contribution < 1.29 is 19.2 Å². The molecule has 0 aliphatic carbocycles. The fourth-order valence-electron chi connectivity index (χ4n) is 4.26. The first-order chi connectivity index (χ1) is 16.4. The summed E-state index contributed by atoms with van der Waals surface area (Å²) in [6.45, 7) is 1.86. The standard InChI is InChI=1S/C23H21N7O4/c1-23(16-4-2-5-18(12-16)30-14-24-26-27-30)21(33)29(22(34)25-23)13-19(31)15-7-9-17(10-8-15)28-11-3-6-20(28)32/h2,4-5,7-10,12,14H,3,6,11,13H2,1H3,(H,25,34). The first-order valence-electron chi connectivity index (χ1n) is 10.8. The van der Waals surface area contributed by atoms with E-state index in [0.717, 1.165) is 17.0 Å². The summed E-state index contributed by atoms with van der Waals surface area (Å²) in [6.07, 6.45) is 2.75. The molecule has 2 aliphatic rings. The van der Waals surface area contributed by atoms with Crippen molar-refractivity contribution in [2.24, 2.45) is 0 Å². The molecule has 2 aliphatic heterocycles. The van der Waals surface area contributed by atoms with Crippen molar-refractivity contribution in [3.63, 3.8) is 0 Å². The van der Waals surface area contributed by atoms with E-state index in [1.54, 1.807) is 60.4 Å². The van der Waals surface area contributed by atoms with Crippen molar-refractivity contribution in [2.45, 2.75) is 25.3 Å². The summed E-state index contributed by atoms with van der Waals surface area (Å²) in [7, 11) is 0. The van der Waals surface area contributed by atoms with E-state index in [0.29, 0.717) is 29.8 Å². The van der Waals surface area contributed by atoms with Gasteiger partial charge in [0.2, 0.25) is 5.91 Å². The Hall–Kier alpha value is -4.41. The van der Waals surface area contributed by atoms with Gasteiger partial charge in [0.25, 0.3) is 5.91 Å². The lowest BCUT2D eigenvalue weighted by Gasteiger charge is -2.22. The number of benzene rings is 2. The number of imide groups is 1. The normalized spacial score (nSPS) is 20.2. The zero-order valence-electron chi connectivity index (χ0n) is 18.3. The van der Waals surface area contributed by atoms with Gasteiger partial charge in [-0.25, -0.2) is 9.48 Å². The second kappa shape index (κ2) is 8.18. The summed E-state index contributed by atoms with van der Waals surface area (Å²) >= 11 is 0. The van der Waals surface area contributed by atoms with Crippen LogP contribution in [0.5, 0.6) is 0 Å². The molecule has 0 spiro atoms. The molecule has 3 heterocycles. The van der Waals surface area contributed by atoms with Crippen LogP contribution in [0.4, 0.5) is 10.5 Å². The summed E-state index contributed by atoms with van der Waals surface area (Å²) < 4.78 is 1.44. The van der Waals surface area contributed by atoms with E-state index in [2.05, 4.69) is 20.8 Å². The third kappa shape index (κ3) is 3.60. The van der Waals surface area contributed by atoms with E-state index in [9.17, 15) is 19.2 Å². The Kier molecular flexibility index (Phi) is 5.16. The molecule has 11 heteroatoms. The molecule has 5 rings (SSSR count). The number of Topliss-reactive ketones (excluding diaryl/α,β-unsaturated/α-hetero) is 1. The fourth-order valence-corrected chi connectivity index (χ4v) is 4.26. The lowest BCUT2D eigenvalue weighted by atomic mass is 9.91. The Labute approximate surface area is 194 Å². The maximum Gasteiger partial charge on any atom is 0.325 e. The van der Waals surface area contributed by atoms with Gasteiger partial charge < -0.3 is 10.2 Å². The Balaban J connectivity index is 1.33. The number of carbonyl (C=O) groups excluding carboxylic acids is 4. The average Bonchev–Trinajstić information content (AvgIpc) is 3.58. The van der Waals surface area contributed by atoms with Gasteiger partial charge in [-0.15, -0.1) is 5.10 Å². The summed E-state index contributed by atoms with van der Waals surface area (Å²) in [6, 6.07) is 12.9. The minimum Gasteiger partial charge on any atom is -0.319 e. The van der Waals surface area contributed by atoms with Gasteiger partial charge in [0, 0.05) is 24.2 Å². The highest BCUT2D eigenvalue weighted by molar-refractivity contribution is 6.11. The number of tetrazole rings is 1. The zero-order valence-corrected chi connectivity index (χ0v) is 18.3. The quantitative estimate of drug-likeness (QED) is 0.436. The molecule has 1 N–H and O–H groups in total. The van der Waals surface area contributed by atoms with E-state index >= 15 is 0 Å². The number of hydrogen-bond acceptors (Lipinski definition) is 7. The van der Waals surface area contributed by atoms with E-state index in [1.165, 1.54) is 11.0 Å². The summed E-state index contributed by atoms with van der Waals surface area (Å²) in [5, 5.41) is 13.8. The van der Waals surface area contributed by atoms with Crippen molar-refractivity contribution in [3.8, 4) is 5.69 Å². The number of carbonyl (C=O) groups is 4. The minimum absolute atomic E-state index is 0.0573. The van der Waals surface area contributed by atoms with E-state index < -0.39 is 24.0 Å². The number of aromatic nitrogens is 4. The van der Waals surface area contributed by atoms with Crippen molar-refractivity contribution in [2.75, 3.05) is 18.0 Å². The molecule has 172 valence electrons. The first kappa shape index (κ1) is 21.4. The molecule has 1 atom stereocenters. The van der Waals surface area contributed by atoms with Gasteiger partial charge in [0.15, 0.2) is 5.78 Å². The molecule has 3 aromatic rings. The maximum absolute atomic E-state index is 13.3. The molecule has 0 saturated carbocycles. The number of amides is 4. The van der Waals surface area contributed by atoms with Gasteiger partial charge in [-0.05, 0) is 65.7 Å². The Bertz CT molecular complexity index is 1290. The Morgan fingerprint density at radius 1 is 1.09 bits per heavy atom. The van der Waals surface area contributed by atoms with Crippen LogP contribution in [0.3, 0.4) is 0 Å². The summed E-state index contributed by atoms with van der Waals surface area (Å²) in [5.41, 5.74) is 0.890. The Morgan fingerprint density at radius 3 is 2.56 bits per heavy atom. The van der Waals surface area contributed by atoms with Gasteiger partial charge in [-0.3, -0.25) is 19.3 Å². The molecule has 2 saturated heterocycles. The first-order valence-corrected chi connectivity index (χ1v) is 10.8. The Morgan fingerprint density at radius 2 is 1.88 bits per heavy atom. The number of nitrogens with zero attached hydrogens (tertiary/aromatic N) is 6. The molecule has 2 aromatic carbocycles. The number of rotatable bonds is 6. The van der Waals surface area contributed by atoms with Crippen molar-refractivity contribution in [1.29, 1.82) is 0 Å². The zero-order chi connectivity index (χ0) is 23.9. The van der Waals surface area contributed by atoms with Gasteiger partial charge in [0.1, 0.15) is 11.9 Å². The van der Waals surface area contributed by atoms with Gasteiger partial charge in [-0.1, -0.05) is 12.1 Å². The minimum atomic E-state index is -1.35. The average molecular weight is 459 g/mol. The summed E-state index contributed by atoms with van der Waals surface area (Å²) in [5.74, 6) is -0.852. The van der Waals surface area contributed by atoms with Crippen LogP contribution in [0.15, 0.2) is 54.9 Å². The largest absolute Gasteiger partial charge is 0.325 e. The van der Waals surface area contributed by atoms with Crippen LogP contribution in [0.25, 0.3) is 5.69 Å². The number of nitrogens with one attached hydrogen (secondary N) is 1. The van der Waals surface area contributed by atoms with Crippen LogP contribution >= 0.6 is 0 Å². The third-order valence-electron chi connectivity index (χ3n) is 6.19. The highest BCUT2D eigenvalue weighted by Crippen LogP contribution is 2.30. The van der Waals surface area contributed by atoms with Crippen LogP contribution in [0.1, 0.15) is 35.7 Å². The molecule has 34 heavy (non-hydrogen) atoms. The lowest BCUT2D eigenvalue weighted by Crippen LogP contribution is -2.41. The number of hydrogen-bond donors (Lipinski definition) is 1. The molecule has 11 nitrogen and oxygen atoms in total. The van der Waals surface area contributed by atoms with Crippen LogP contribution in [-0.2, 0) is 15.1 Å². The van der Waals surface area contributed by atoms with Crippen molar-refractivity contribution >= 4 is 29.3 Å². The second-order valence-electron chi connectivity index (χ2n) is 8.37. The van der Waals surface area contributed by atoms with E-state index in [1.807, 2.05) is 0 Å². The predicted octanol–water partition coefficient (Wildman–Crippen LogP) is 1.44. The molecule has 0 bridgehead atoms. The van der Waals surface area contributed by atoms with E-state index in [4.69, 9.17) is 0 Å². The van der Waals surface area contributed by atoms with Crippen molar-refractivity contribution in [3.05, 3.63) is 66.0 Å². The monoisotopic (exact) mass is 459 g/mol. The number of ketones is 1. The molecule has 1 aromatic heterocycles. The molecule has 1 unspecified atom stereocenters. The SMILES string of the molecule is CC1(c2cccc(-n3cnnn3)c2)NC(=O)N(CC(=O)c2ccc(N3CCCC3=O)cc2)C1=O. The molecule has 0 radical (unpaired) electrons. The second-order valence-corrected chi connectivity index (χ2v) is 8.37. The molecule has 4 amide bonds. The topological polar surface area (TPSA) is 130 Å². The van der Waals surface area contributed by atoms with E-state index in [-0.39, 0.29) is 11.7 Å². The van der Waals surface area contributed by atoms with Crippen LogP contribution in [-0.4, -0.2) is 61.8 Å². The molecular weight excluding hydrogens is 438 g/mol. The highest BCUT2D eigenvalue weighted by Gasteiger charge is 2.49. The van der Waals surface area contributed by atoms with Crippen molar-refractivity contribution in [1.82, 2.24) is 30.4 Å². The van der Waals surface area contributed by atoms with Gasteiger partial charge >= 0.3 is 6.03 Å². The van der Waals surface area contributed by atoms with Gasteiger partial charge in [-0.2, -0.15) is 0 Å². The number of anilines is 1. The van der Waals surface area contributed by atoms with Crippen LogP contribution < -0.4 is 10.2 Å². The molecular formula is C23H21N7O4. The predicted molar refractivity (Wildman–Crippen MR) is 119 cm³/mol. The summed E-state index contributed by atoms with van der Waals surface area (Å²) in [4.78, 5) is 53.3. The molecule has 2 fully saturated rings. The maximum atomic E-state index is 13.3.